The van der Waals surface area contributed by atoms with E-state index in [-0.39, 0.29) is 28.9 Å². The molecule has 1 saturated heterocycles. The van der Waals surface area contributed by atoms with Gasteiger partial charge in [-0.1, -0.05) is 0 Å². The lowest BCUT2D eigenvalue weighted by atomic mass is 10.1. The first-order chi connectivity index (χ1) is 10.2. The molecule has 0 radical (unpaired) electrons. The lowest BCUT2D eigenvalue weighted by Gasteiger charge is -2.32. The van der Waals surface area contributed by atoms with E-state index in [2.05, 4.69) is 5.32 Å². The number of nitro benzene ring substituents is 1. The number of carbonyl (C=O) groups excluding carboxylic acids is 1. The van der Waals surface area contributed by atoms with Crippen LogP contribution in [0, 0.1) is 10.1 Å². The van der Waals surface area contributed by atoms with Gasteiger partial charge in [-0.2, -0.15) is 0 Å². The standard InChI is InChI=1S/C15H21N3O4/c1-15(2,3)17-9-11(8-14(17)19)16-10-5-6-12(18(20)21)13(7-10)22-4/h5-7,11,16H,8-9H2,1-4H3. The predicted molar refractivity (Wildman–Crippen MR) is 83.1 cm³/mol. The van der Waals surface area contributed by atoms with Crippen LogP contribution in [0.1, 0.15) is 27.2 Å². The molecule has 1 N–H and O–H groups in total. The molecule has 7 heteroatoms. The van der Waals surface area contributed by atoms with Gasteiger partial charge in [0, 0.05) is 36.3 Å². The van der Waals surface area contributed by atoms with Gasteiger partial charge in [0.15, 0.2) is 5.75 Å². The quantitative estimate of drug-likeness (QED) is 0.682. The molecule has 1 aromatic rings. The number of nitro groups is 1. The van der Waals surface area contributed by atoms with Crippen molar-refractivity contribution in [1.29, 1.82) is 0 Å². The van der Waals surface area contributed by atoms with E-state index in [0.29, 0.717) is 18.7 Å². The van der Waals surface area contributed by atoms with Crippen LogP contribution in [-0.2, 0) is 4.79 Å². The minimum Gasteiger partial charge on any atom is -0.490 e. The van der Waals surface area contributed by atoms with Gasteiger partial charge in [-0.3, -0.25) is 14.9 Å². The number of ether oxygens (including phenoxy) is 1. The van der Waals surface area contributed by atoms with Crippen LogP contribution in [0.5, 0.6) is 5.75 Å². The van der Waals surface area contributed by atoms with E-state index in [9.17, 15) is 14.9 Å². The number of nitrogens with one attached hydrogen (secondary N) is 1. The van der Waals surface area contributed by atoms with Gasteiger partial charge in [-0.15, -0.1) is 0 Å². The molecule has 0 spiro atoms. The van der Waals surface area contributed by atoms with E-state index < -0.39 is 4.92 Å². The zero-order valence-electron chi connectivity index (χ0n) is 13.3. The minimum absolute atomic E-state index is 0.0158. The van der Waals surface area contributed by atoms with Gasteiger partial charge in [-0.25, -0.2) is 0 Å². The highest BCUT2D eigenvalue weighted by molar-refractivity contribution is 5.80. The number of methoxy groups -OCH3 is 1. The zero-order valence-corrected chi connectivity index (χ0v) is 13.3. The van der Waals surface area contributed by atoms with E-state index in [1.807, 2.05) is 25.7 Å². The first-order valence-electron chi connectivity index (χ1n) is 7.12. The molecule has 22 heavy (non-hydrogen) atoms. The Kier molecular flexibility index (Phi) is 4.25. The first-order valence-corrected chi connectivity index (χ1v) is 7.12. The Labute approximate surface area is 129 Å². The van der Waals surface area contributed by atoms with Gasteiger partial charge in [-0.05, 0) is 26.8 Å². The number of nitrogens with zero attached hydrogens (tertiary/aromatic N) is 2. The monoisotopic (exact) mass is 307 g/mol. The Hall–Kier alpha value is -2.31. The topological polar surface area (TPSA) is 84.7 Å². The van der Waals surface area contributed by atoms with Crippen molar-refractivity contribution in [2.75, 3.05) is 19.0 Å². The fourth-order valence-corrected chi connectivity index (χ4v) is 2.61. The summed E-state index contributed by atoms with van der Waals surface area (Å²) in [6.45, 7) is 6.62. The number of hydrogen-bond donors (Lipinski definition) is 1. The Balaban J connectivity index is 2.12. The highest BCUT2D eigenvalue weighted by atomic mass is 16.6. The zero-order chi connectivity index (χ0) is 16.5. The maximum Gasteiger partial charge on any atom is 0.311 e. The Morgan fingerprint density at radius 1 is 1.41 bits per heavy atom. The highest BCUT2D eigenvalue weighted by Crippen LogP contribution is 2.31. The third-order valence-electron chi connectivity index (χ3n) is 3.68. The Bertz CT molecular complexity index is 595. The molecule has 1 fully saturated rings. The van der Waals surface area contributed by atoms with Gasteiger partial charge in [0.25, 0.3) is 0 Å². The largest absolute Gasteiger partial charge is 0.490 e. The average Bonchev–Trinajstić information content (AvgIpc) is 2.79. The molecule has 1 aliphatic heterocycles. The maximum atomic E-state index is 12.1. The number of rotatable bonds is 4. The third kappa shape index (κ3) is 3.29. The van der Waals surface area contributed by atoms with E-state index >= 15 is 0 Å². The number of anilines is 1. The van der Waals surface area contributed by atoms with Crippen LogP contribution >= 0.6 is 0 Å². The molecule has 1 heterocycles. The van der Waals surface area contributed by atoms with Crippen LogP contribution in [0.2, 0.25) is 0 Å². The average molecular weight is 307 g/mol. The summed E-state index contributed by atoms with van der Waals surface area (Å²) < 4.78 is 5.05. The second kappa shape index (κ2) is 5.82. The summed E-state index contributed by atoms with van der Waals surface area (Å²) in [4.78, 5) is 24.3. The lowest BCUT2D eigenvalue weighted by molar-refractivity contribution is -0.385. The smallest absolute Gasteiger partial charge is 0.311 e. The van der Waals surface area contributed by atoms with Crippen molar-refractivity contribution in [3.63, 3.8) is 0 Å². The molecule has 1 aromatic carbocycles. The van der Waals surface area contributed by atoms with E-state index in [4.69, 9.17) is 4.74 Å². The summed E-state index contributed by atoms with van der Waals surface area (Å²) in [5.74, 6) is 0.311. The first kappa shape index (κ1) is 16.1. The summed E-state index contributed by atoms with van der Waals surface area (Å²) >= 11 is 0. The van der Waals surface area contributed by atoms with Gasteiger partial charge < -0.3 is 15.0 Å². The molecule has 0 aliphatic carbocycles. The summed E-state index contributed by atoms with van der Waals surface area (Å²) in [7, 11) is 1.40. The molecule has 0 bridgehead atoms. The molecule has 0 aromatic heterocycles. The summed E-state index contributed by atoms with van der Waals surface area (Å²) in [6, 6.07) is 4.60. The molecule has 2 rings (SSSR count). The van der Waals surface area contributed by atoms with Crippen molar-refractivity contribution < 1.29 is 14.5 Å². The van der Waals surface area contributed by atoms with Gasteiger partial charge in [0.05, 0.1) is 18.1 Å². The maximum absolute atomic E-state index is 12.1. The van der Waals surface area contributed by atoms with Gasteiger partial charge in [0.1, 0.15) is 0 Å². The predicted octanol–water partition coefficient (Wildman–Crippen LogP) is 2.41. The lowest BCUT2D eigenvalue weighted by Crippen LogP contribution is -2.43. The summed E-state index contributed by atoms with van der Waals surface area (Å²) in [5.41, 5.74) is 0.420. The molecular weight excluding hydrogens is 286 g/mol. The summed E-state index contributed by atoms with van der Waals surface area (Å²) in [5, 5.41) is 14.1. The van der Waals surface area contributed by atoms with E-state index in [1.54, 1.807) is 12.1 Å². The number of likely N-dealkylation sites (tertiary alicyclic amines) is 1. The van der Waals surface area contributed by atoms with Crippen LogP contribution in [0.15, 0.2) is 18.2 Å². The molecule has 120 valence electrons. The summed E-state index contributed by atoms with van der Waals surface area (Å²) in [6.07, 6.45) is 0.413. The third-order valence-corrected chi connectivity index (χ3v) is 3.68. The fraction of sp³-hybridized carbons (Fsp3) is 0.533. The number of hydrogen-bond acceptors (Lipinski definition) is 5. The molecule has 7 nitrogen and oxygen atoms in total. The highest BCUT2D eigenvalue weighted by Gasteiger charge is 2.36. The van der Waals surface area contributed by atoms with Crippen molar-refractivity contribution in [2.24, 2.45) is 0 Å². The van der Waals surface area contributed by atoms with Crippen molar-refractivity contribution in [1.82, 2.24) is 4.90 Å². The molecule has 1 atom stereocenters. The molecule has 1 aliphatic rings. The number of benzene rings is 1. The van der Waals surface area contributed by atoms with Crippen LogP contribution in [0.25, 0.3) is 0 Å². The van der Waals surface area contributed by atoms with Crippen molar-refractivity contribution >= 4 is 17.3 Å². The van der Waals surface area contributed by atoms with Crippen molar-refractivity contribution in [3.05, 3.63) is 28.3 Å². The Morgan fingerprint density at radius 3 is 2.59 bits per heavy atom. The second-order valence-corrected chi connectivity index (χ2v) is 6.36. The molecular formula is C15H21N3O4. The minimum atomic E-state index is -0.483. The number of amides is 1. The Morgan fingerprint density at radius 2 is 2.09 bits per heavy atom. The van der Waals surface area contributed by atoms with Gasteiger partial charge >= 0.3 is 5.69 Å². The van der Waals surface area contributed by atoms with Crippen LogP contribution in [-0.4, -0.2) is 41.0 Å². The number of carbonyl (C=O) groups is 1. The molecule has 0 saturated carbocycles. The van der Waals surface area contributed by atoms with Crippen LogP contribution < -0.4 is 10.1 Å². The van der Waals surface area contributed by atoms with Crippen molar-refractivity contribution in [2.45, 2.75) is 38.8 Å². The normalized spacial score (nSPS) is 18.5. The fourth-order valence-electron chi connectivity index (χ4n) is 2.61. The SMILES string of the molecule is COc1cc(NC2CC(=O)N(C(C)(C)C)C2)ccc1[N+](=O)[O-]. The molecule has 1 unspecified atom stereocenters. The van der Waals surface area contributed by atoms with Crippen molar-refractivity contribution in [3.8, 4) is 5.75 Å². The van der Waals surface area contributed by atoms with Crippen LogP contribution in [0.4, 0.5) is 11.4 Å². The van der Waals surface area contributed by atoms with Gasteiger partial charge in [0.2, 0.25) is 5.91 Å². The molecule has 1 amide bonds. The van der Waals surface area contributed by atoms with E-state index in [0.717, 1.165) is 0 Å². The van der Waals surface area contributed by atoms with E-state index in [1.165, 1.54) is 13.2 Å². The second-order valence-electron chi connectivity index (χ2n) is 6.36. The van der Waals surface area contributed by atoms with Crippen LogP contribution in [0.3, 0.4) is 0 Å².